The van der Waals surface area contributed by atoms with E-state index in [0.717, 1.165) is 17.1 Å². The second-order valence-corrected chi connectivity index (χ2v) is 7.07. The summed E-state index contributed by atoms with van der Waals surface area (Å²) >= 11 is 3.77. The van der Waals surface area contributed by atoms with Gasteiger partial charge in [0.05, 0.1) is 11.0 Å². The van der Waals surface area contributed by atoms with Crippen LogP contribution in [0.25, 0.3) is 0 Å². The topological polar surface area (TPSA) is 26.3 Å². The van der Waals surface area contributed by atoms with Crippen molar-refractivity contribution in [3.8, 4) is 0 Å². The normalized spacial score (nSPS) is 17.7. The van der Waals surface area contributed by atoms with E-state index >= 15 is 0 Å². The summed E-state index contributed by atoms with van der Waals surface area (Å²) in [6.45, 7) is 3.58. The lowest BCUT2D eigenvalue weighted by Gasteiger charge is -2.29. The number of carbonyl (C=O) groups excluding carboxylic acids is 1. The van der Waals surface area contributed by atoms with E-state index < -0.39 is 0 Å². The number of benzene rings is 1. The Balaban J connectivity index is 2.12. The van der Waals surface area contributed by atoms with E-state index in [0.29, 0.717) is 4.58 Å². The van der Waals surface area contributed by atoms with Crippen LogP contribution in [-0.2, 0) is 9.53 Å². The molecule has 0 aliphatic carbocycles. The highest BCUT2D eigenvalue weighted by Crippen LogP contribution is 2.41. The van der Waals surface area contributed by atoms with Gasteiger partial charge in [-0.3, -0.25) is 4.79 Å². The number of carbonyl (C=O) groups is 1. The molecular weight excluding hydrogens is 276 g/mol. The smallest absolute Gasteiger partial charge is 0.310 e. The fraction of sp³-hybridized carbons (Fsp3) is 0.400. The number of rotatable bonds is 5. The zero-order valence-corrected chi connectivity index (χ0v) is 12.4. The van der Waals surface area contributed by atoms with Gasteiger partial charge in [0.2, 0.25) is 0 Å². The quantitative estimate of drug-likeness (QED) is 0.605. The first-order valence-corrected chi connectivity index (χ1v) is 8.49. The summed E-state index contributed by atoms with van der Waals surface area (Å²) in [7, 11) is 0. The van der Waals surface area contributed by atoms with Gasteiger partial charge in [0.1, 0.15) is 6.10 Å². The van der Waals surface area contributed by atoms with E-state index in [1.807, 2.05) is 53.9 Å². The summed E-state index contributed by atoms with van der Waals surface area (Å²) in [6.07, 6.45) is 2.93. The Hall–Kier alpha value is -0.870. The summed E-state index contributed by atoms with van der Waals surface area (Å²) in [5, 5.41) is 0. The second-order valence-electron chi connectivity index (χ2n) is 4.28. The van der Waals surface area contributed by atoms with Gasteiger partial charge in [0.15, 0.2) is 0 Å². The molecule has 1 saturated heterocycles. The fourth-order valence-electron chi connectivity index (χ4n) is 1.91. The van der Waals surface area contributed by atoms with Crippen molar-refractivity contribution in [2.75, 3.05) is 11.5 Å². The van der Waals surface area contributed by atoms with E-state index in [9.17, 15) is 4.79 Å². The maximum Gasteiger partial charge on any atom is 0.310 e. The van der Waals surface area contributed by atoms with Crippen molar-refractivity contribution >= 4 is 29.5 Å². The number of thioether (sulfide) groups is 2. The molecule has 1 atom stereocenters. The van der Waals surface area contributed by atoms with Crippen LogP contribution in [0.1, 0.15) is 24.5 Å². The van der Waals surface area contributed by atoms with Gasteiger partial charge in [-0.2, -0.15) is 0 Å². The van der Waals surface area contributed by atoms with Gasteiger partial charge < -0.3 is 4.74 Å². The molecule has 1 unspecified atom stereocenters. The van der Waals surface area contributed by atoms with Crippen LogP contribution in [0.2, 0.25) is 0 Å². The highest BCUT2D eigenvalue weighted by molar-refractivity contribution is 8.17. The van der Waals surface area contributed by atoms with Gasteiger partial charge in [-0.1, -0.05) is 36.4 Å². The third kappa shape index (κ3) is 4.32. The van der Waals surface area contributed by atoms with Crippen LogP contribution >= 0.6 is 23.5 Å². The van der Waals surface area contributed by atoms with Crippen molar-refractivity contribution in [2.24, 2.45) is 0 Å². The molecule has 1 aliphatic rings. The molecule has 1 aromatic carbocycles. The number of ether oxygens (including phenoxy) is 1. The molecular formula is C15H18O2S2. The molecule has 4 heteroatoms. The van der Waals surface area contributed by atoms with Crippen LogP contribution in [0.3, 0.4) is 0 Å². The zero-order valence-electron chi connectivity index (χ0n) is 10.8. The Bertz CT molecular complexity index is 413. The van der Waals surface area contributed by atoms with Gasteiger partial charge in [-0.25, -0.2) is 0 Å². The number of hydrogen-bond donors (Lipinski definition) is 0. The van der Waals surface area contributed by atoms with Crippen molar-refractivity contribution in [1.29, 1.82) is 0 Å². The van der Waals surface area contributed by atoms with E-state index in [4.69, 9.17) is 4.74 Å². The molecule has 102 valence electrons. The van der Waals surface area contributed by atoms with Gasteiger partial charge in [0.25, 0.3) is 0 Å². The minimum atomic E-state index is -0.198. The van der Waals surface area contributed by atoms with Crippen LogP contribution in [0.4, 0.5) is 0 Å². The molecule has 19 heavy (non-hydrogen) atoms. The Morgan fingerprint density at radius 2 is 2.05 bits per heavy atom. The number of hydrogen-bond acceptors (Lipinski definition) is 4. The van der Waals surface area contributed by atoms with Crippen LogP contribution in [0, 0.1) is 0 Å². The van der Waals surface area contributed by atoms with Crippen molar-refractivity contribution in [3.63, 3.8) is 0 Å². The first-order valence-electron chi connectivity index (χ1n) is 6.40. The standard InChI is InChI=1S/C15H18O2S2/c1-2-7-13(16)17-14(12-8-4-3-5-9-12)15-18-10-6-11-19-15/h2-5,8-9,14-15H,1,6-7,10-11H2. The van der Waals surface area contributed by atoms with Gasteiger partial charge in [-0.15, -0.1) is 30.1 Å². The third-order valence-electron chi connectivity index (χ3n) is 2.80. The molecule has 0 bridgehead atoms. The minimum absolute atomic E-state index is 0.163. The zero-order chi connectivity index (χ0) is 13.5. The SMILES string of the molecule is C=CCC(=O)OC(c1ccccc1)C1SCCCS1. The molecule has 0 aromatic heterocycles. The molecule has 0 radical (unpaired) electrons. The summed E-state index contributed by atoms with van der Waals surface area (Å²) in [5.41, 5.74) is 1.08. The lowest BCUT2D eigenvalue weighted by Crippen LogP contribution is -2.22. The van der Waals surface area contributed by atoms with Crippen molar-refractivity contribution in [2.45, 2.75) is 23.5 Å². The molecule has 2 nitrogen and oxygen atoms in total. The molecule has 1 heterocycles. The largest absolute Gasteiger partial charge is 0.455 e. The Labute approximate surface area is 123 Å². The average molecular weight is 294 g/mol. The highest BCUT2D eigenvalue weighted by Gasteiger charge is 2.29. The first kappa shape index (κ1) is 14.5. The Kier molecular flexibility index (Phi) is 5.86. The van der Waals surface area contributed by atoms with Crippen molar-refractivity contribution in [1.82, 2.24) is 0 Å². The van der Waals surface area contributed by atoms with Crippen LogP contribution in [0.5, 0.6) is 0 Å². The van der Waals surface area contributed by atoms with Crippen molar-refractivity contribution < 1.29 is 9.53 Å². The summed E-state index contributed by atoms with van der Waals surface area (Å²) in [6, 6.07) is 10.0. The molecule has 1 aromatic rings. The van der Waals surface area contributed by atoms with Crippen LogP contribution in [0.15, 0.2) is 43.0 Å². The van der Waals surface area contributed by atoms with E-state index in [1.165, 1.54) is 6.42 Å². The predicted octanol–water partition coefficient (Wildman–Crippen LogP) is 4.04. The summed E-state index contributed by atoms with van der Waals surface area (Å²) < 4.78 is 5.96. The predicted molar refractivity (Wildman–Crippen MR) is 83.4 cm³/mol. The van der Waals surface area contributed by atoms with Gasteiger partial charge in [0, 0.05) is 0 Å². The molecule has 0 amide bonds. The first-order chi connectivity index (χ1) is 9.31. The van der Waals surface area contributed by atoms with E-state index in [1.54, 1.807) is 6.08 Å². The van der Waals surface area contributed by atoms with Gasteiger partial charge >= 0.3 is 5.97 Å². The lowest BCUT2D eigenvalue weighted by molar-refractivity contribution is -0.147. The maximum absolute atomic E-state index is 11.8. The van der Waals surface area contributed by atoms with Gasteiger partial charge in [-0.05, 0) is 23.5 Å². The Morgan fingerprint density at radius 1 is 1.37 bits per heavy atom. The molecule has 0 saturated carbocycles. The molecule has 1 fully saturated rings. The Morgan fingerprint density at radius 3 is 2.68 bits per heavy atom. The van der Waals surface area contributed by atoms with E-state index in [-0.39, 0.29) is 18.5 Å². The minimum Gasteiger partial charge on any atom is -0.455 e. The summed E-state index contributed by atoms with van der Waals surface area (Å²) in [4.78, 5) is 11.8. The maximum atomic E-state index is 11.8. The van der Waals surface area contributed by atoms with E-state index in [2.05, 4.69) is 6.58 Å². The van der Waals surface area contributed by atoms with Crippen molar-refractivity contribution in [3.05, 3.63) is 48.6 Å². The highest BCUT2D eigenvalue weighted by atomic mass is 32.2. The van der Waals surface area contributed by atoms with Crippen LogP contribution < -0.4 is 0 Å². The number of esters is 1. The fourth-order valence-corrected chi connectivity index (χ4v) is 4.92. The second kappa shape index (κ2) is 7.65. The summed E-state index contributed by atoms with van der Waals surface area (Å²) in [5.74, 6) is 2.08. The molecule has 2 rings (SSSR count). The molecule has 0 N–H and O–H groups in total. The average Bonchev–Trinajstić information content (AvgIpc) is 2.47. The molecule has 1 aliphatic heterocycles. The monoisotopic (exact) mass is 294 g/mol. The molecule has 0 spiro atoms. The lowest BCUT2D eigenvalue weighted by atomic mass is 10.1. The third-order valence-corrected chi connectivity index (χ3v) is 5.81. The van der Waals surface area contributed by atoms with Crippen LogP contribution in [-0.4, -0.2) is 22.1 Å².